The third kappa shape index (κ3) is 5.55. The average molecular weight is 490 g/mol. The lowest BCUT2D eigenvalue weighted by Gasteiger charge is -2.56. The number of piperidine rings is 1. The van der Waals surface area contributed by atoms with E-state index in [1.165, 1.54) is 44.3 Å². The molecule has 0 aliphatic carbocycles. The van der Waals surface area contributed by atoms with Crippen molar-refractivity contribution in [2.75, 3.05) is 26.2 Å². The lowest BCUT2D eigenvalue weighted by Crippen LogP contribution is -2.62. The van der Waals surface area contributed by atoms with Crippen molar-refractivity contribution >= 4 is 5.91 Å². The molecule has 0 bridgehead atoms. The molecule has 2 saturated heterocycles. The summed E-state index contributed by atoms with van der Waals surface area (Å²) in [5.41, 5.74) is 2.50. The molecule has 0 atom stereocenters. The van der Waals surface area contributed by atoms with Crippen LogP contribution in [0.25, 0.3) is 0 Å². The molecule has 0 saturated carbocycles. The van der Waals surface area contributed by atoms with Crippen LogP contribution in [0.15, 0.2) is 49.1 Å². The van der Waals surface area contributed by atoms with Gasteiger partial charge in [0.1, 0.15) is 11.6 Å². The Labute approximate surface area is 214 Å². The van der Waals surface area contributed by atoms with Crippen LogP contribution in [-0.2, 0) is 19.6 Å². The SMILES string of the molecule is CCC(CC)N1CC2(CCN(Cc3ccc(C(=O)N(Cc4ncc[nH]4)Cc4ncc[nH]4)cc3)CC2)C1. The highest BCUT2D eigenvalue weighted by Crippen LogP contribution is 2.42. The Balaban J connectivity index is 1.15. The number of nitrogens with one attached hydrogen (secondary N) is 2. The number of carbonyl (C=O) groups is 1. The Morgan fingerprint density at radius 3 is 2.06 bits per heavy atom. The zero-order valence-corrected chi connectivity index (χ0v) is 21.6. The Bertz CT molecular complexity index is 1040. The van der Waals surface area contributed by atoms with Crippen molar-refractivity contribution in [2.24, 2.45) is 5.41 Å². The number of carbonyl (C=O) groups excluding carboxylic acids is 1. The van der Waals surface area contributed by atoms with E-state index in [0.29, 0.717) is 24.1 Å². The molecule has 1 amide bonds. The molecule has 2 N–H and O–H groups in total. The van der Waals surface area contributed by atoms with E-state index in [0.717, 1.165) is 37.3 Å². The number of likely N-dealkylation sites (tertiary alicyclic amines) is 2. The Kier molecular flexibility index (Phi) is 7.53. The van der Waals surface area contributed by atoms with Crippen LogP contribution >= 0.6 is 0 Å². The molecule has 2 fully saturated rings. The monoisotopic (exact) mass is 489 g/mol. The van der Waals surface area contributed by atoms with Crippen molar-refractivity contribution < 1.29 is 4.79 Å². The second kappa shape index (κ2) is 11.0. The normalized spacial score (nSPS) is 18.0. The molecule has 2 aliphatic heterocycles. The van der Waals surface area contributed by atoms with Crippen molar-refractivity contribution in [2.45, 2.75) is 65.2 Å². The highest BCUT2D eigenvalue weighted by atomic mass is 16.2. The number of imidazole rings is 2. The molecule has 0 radical (unpaired) electrons. The number of hydrogen-bond donors (Lipinski definition) is 2. The average Bonchev–Trinajstić information content (AvgIpc) is 3.59. The van der Waals surface area contributed by atoms with Crippen LogP contribution in [0.5, 0.6) is 0 Å². The third-order valence-corrected chi connectivity index (χ3v) is 8.14. The van der Waals surface area contributed by atoms with Gasteiger partial charge >= 0.3 is 0 Å². The van der Waals surface area contributed by atoms with Crippen LogP contribution in [0.3, 0.4) is 0 Å². The van der Waals surface area contributed by atoms with Gasteiger partial charge in [-0.1, -0.05) is 26.0 Å². The van der Waals surface area contributed by atoms with Crippen LogP contribution in [0, 0.1) is 5.41 Å². The lowest BCUT2D eigenvalue weighted by molar-refractivity contribution is -0.0716. The molecule has 2 aromatic heterocycles. The second-order valence-corrected chi connectivity index (χ2v) is 10.6. The van der Waals surface area contributed by atoms with E-state index in [1.54, 1.807) is 29.7 Å². The summed E-state index contributed by atoms with van der Waals surface area (Å²) < 4.78 is 0. The summed E-state index contributed by atoms with van der Waals surface area (Å²) in [5, 5.41) is 0. The second-order valence-electron chi connectivity index (χ2n) is 10.6. The number of rotatable bonds is 10. The molecule has 2 aliphatic rings. The van der Waals surface area contributed by atoms with Gasteiger partial charge in [0, 0.05) is 56.0 Å². The zero-order chi connectivity index (χ0) is 25.0. The quantitative estimate of drug-likeness (QED) is 0.449. The lowest BCUT2D eigenvalue weighted by atomic mass is 9.71. The molecule has 5 rings (SSSR count). The minimum absolute atomic E-state index is 0.0266. The van der Waals surface area contributed by atoms with Crippen LogP contribution in [0.4, 0.5) is 0 Å². The molecule has 8 nitrogen and oxygen atoms in total. The fourth-order valence-corrected chi connectivity index (χ4v) is 5.90. The van der Waals surface area contributed by atoms with E-state index in [9.17, 15) is 4.79 Å². The highest BCUT2D eigenvalue weighted by molar-refractivity contribution is 5.94. The van der Waals surface area contributed by atoms with Gasteiger partial charge in [-0.3, -0.25) is 14.6 Å². The minimum atomic E-state index is -0.0266. The van der Waals surface area contributed by atoms with Crippen LogP contribution in [0.2, 0.25) is 0 Å². The maximum absolute atomic E-state index is 13.4. The molecule has 3 aromatic rings. The number of hydrogen-bond acceptors (Lipinski definition) is 5. The number of aromatic nitrogens is 4. The first-order valence-electron chi connectivity index (χ1n) is 13.4. The van der Waals surface area contributed by atoms with Gasteiger partial charge in [0.2, 0.25) is 0 Å². The van der Waals surface area contributed by atoms with Gasteiger partial charge in [-0.05, 0) is 61.9 Å². The number of amides is 1. The van der Waals surface area contributed by atoms with E-state index in [1.807, 2.05) is 12.1 Å². The third-order valence-electron chi connectivity index (χ3n) is 8.14. The summed E-state index contributed by atoms with van der Waals surface area (Å²) in [6, 6.07) is 8.89. The van der Waals surface area contributed by atoms with E-state index in [4.69, 9.17) is 0 Å². The number of aromatic amines is 2. The number of nitrogens with zero attached hydrogens (tertiary/aromatic N) is 5. The Hall–Kier alpha value is -2.97. The summed E-state index contributed by atoms with van der Waals surface area (Å²) in [5.74, 6) is 1.48. The van der Waals surface area contributed by atoms with Gasteiger partial charge in [0.05, 0.1) is 13.1 Å². The summed E-state index contributed by atoms with van der Waals surface area (Å²) >= 11 is 0. The van der Waals surface area contributed by atoms with Gasteiger partial charge in [-0.25, -0.2) is 9.97 Å². The van der Waals surface area contributed by atoms with Crippen LogP contribution in [0.1, 0.15) is 67.1 Å². The maximum atomic E-state index is 13.4. The smallest absolute Gasteiger partial charge is 0.254 e. The molecular weight excluding hydrogens is 450 g/mol. The maximum Gasteiger partial charge on any atom is 0.254 e. The standard InChI is InChI=1S/C28H39N7O/c1-3-24(4-2)35-20-28(21-35)9-15-33(16-10-28)17-22-5-7-23(8-6-22)27(36)34(18-25-29-11-12-30-25)19-26-31-13-14-32-26/h5-8,11-14,24H,3-4,9-10,15-21H2,1-2H3,(H,29,30)(H,31,32). The molecular formula is C28H39N7O. The first kappa shape index (κ1) is 24.7. The fraction of sp³-hybridized carbons (Fsp3) is 0.536. The molecule has 1 aromatic carbocycles. The van der Waals surface area contributed by atoms with Gasteiger partial charge in [0.25, 0.3) is 5.91 Å². The molecule has 4 heterocycles. The summed E-state index contributed by atoms with van der Waals surface area (Å²) in [6.45, 7) is 11.3. The summed E-state index contributed by atoms with van der Waals surface area (Å²) in [6.07, 6.45) is 12.1. The van der Waals surface area contributed by atoms with E-state index >= 15 is 0 Å². The van der Waals surface area contributed by atoms with Crippen molar-refractivity contribution in [3.05, 3.63) is 71.8 Å². The van der Waals surface area contributed by atoms with Gasteiger partial charge in [-0.2, -0.15) is 0 Å². The Morgan fingerprint density at radius 2 is 1.56 bits per heavy atom. The predicted molar refractivity (Wildman–Crippen MR) is 140 cm³/mol. The van der Waals surface area contributed by atoms with Gasteiger partial charge in [0.15, 0.2) is 0 Å². The summed E-state index contributed by atoms with van der Waals surface area (Å²) in [4.78, 5) is 35.2. The molecule has 1 spiro atoms. The van der Waals surface area contributed by atoms with Crippen molar-refractivity contribution in [1.82, 2.24) is 34.6 Å². The van der Waals surface area contributed by atoms with E-state index in [2.05, 4.69) is 55.7 Å². The predicted octanol–water partition coefficient (Wildman–Crippen LogP) is 4.06. The van der Waals surface area contributed by atoms with Crippen LogP contribution in [-0.4, -0.2) is 72.8 Å². The van der Waals surface area contributed by atoms with Gasteiger partial charge in [-0.15, -0.1) is 0 Å². The fourth-order valence-electron chi connectivity index (χ4n) is 5.90. The molecule has 0 unspecified atom stereocenters. The van der Waals surface area contributed by atoms with E-state index in [-0.39, 0.29) is 5.91 Å². The Morgan fingerprint density at radius 1 is 0.972 bits per heavy atom. The highest BCUT2D eigenvalue weighted by Gasteiger charge is 2.46. The number of H-pyrrole nitrogens is 2. The van der Waals surface area contributed by atoms with Gasteiger partial charge < -0.3 is 14.9 Å². The largest absolute Gasteiger partial charge is 0.347 e. The minimum Gasteiger partial charge on any atom is -0.347 e. The van der Waals surface area contributed by atoms with Crippen molar-refractivity contribution in [1.29, 1.82) is 0 Å². The van der Waals surface area contributed by atoms with E-state index < -0.39 is 0 Å². The van der Waals surface area contributed by atoms with Crippen molar-refractivity contribution in [3.8, 4) is 0 Å². The first-order valence-corrected chi connectivity index (χ1v) is 13.4. The molecule has 192 valence electrons. The zero-order valence-electron chi connectivity index (χ0n) is 21.6. The summed E-state index contributed by atoms with van der Waals surface area (Å²) in [7, 11) is 0. The first-order chi connectivity index (χ1) is 17.6. The van der Waals surface area contributed by atoms with Crippen LogP contribution < -0.4 is 0 Å². The van der Waals surface area contributed by atoms with Crippen molar-refractivity contribution in [3.63, 3.8) is 0 Å². The molecule has 8 heteroatoms. The number of benzene rings is 1. The molecule has 36 heavy (non-hydrogen) atoms. The topological polar surface area (TPSA) is 84.2 Å².